The summed E-state index contributed by atoms with van der Waals surface area (Å²) in [5, 5.41) is 9.16. The molecule has 0 bridgehead atoms. The molecular weight excluding hydrogens is 207 g/mol. The van der Waals surface area contributed by atoms with E-state index in [4.69, 9.17) is 5.11 Å². The average molecular weight is 224 g/mol. The lowest BCUT2D eigenvalue weighted by Crippen LogP contribution is -2.29. The Hall–Kier alpha value is -1.38. The van der Waals surface area contributed by atoms with E-state index in [0.29, 0.717) is 12.8 Å². The Bertz CT molecular complexity index is 401. The van der Waals surface area contributed by atoms with Crippen molar-refractivity contribution in [2.45, 2.75) is 33.6 Å². The quantitative estimate of drug-likeness (QED) is 0.852. The molecule has 0 aliphatic carbocycles. The molecule has 0 spiro atoms. The monoisotopic (exact) mass is 224 g/mol. The topological polar surface area (TPSA) is 37.3 Å². The van der Waals surface area contributed by atoms with E-state index < -0.39 is 11.4 Å². The largest absolute Gasteiger partial charge is 0.481 e. The molecule has 16 heavy (non-hydrogen) atoms. The van der Waals surface area contributed by atoms with Crippen molar-refractivity contribution in [3.63, 3.8) is 0 Å². The molecular formula is C13H17FO2. The van der Waals surface area contributed by atoms with Gasteiger partial charge in [0.15, 0.2) is 0 Å². The second-order valence-corrected chi connectivity index (χ2v) is 4.47. The Morgan fingerprint density at radius 3 is 2.62 bits per heavy atom. The fourth-order valence-electron chi connectivity index (χ4n) is 1.60. The summed E-state index contributed by atoms with van der Waals surface area (Å²) in [6.45, 7) is 5.40. The average Bonchev–Trinajstić information content (AvgIpc) is 2.23. The molecule has 0 saturated heterocycles. The zero-order valence-corrected chi connectivity index (χ0v) is 9.88. The Labute approximate surface area is 95.1 Å². The molecule has 3 heteroatoms. The van der Waals surface area contributed by atoms with E-state index in [2.05, 4.69) is 0 Å². The smallest absolute Gasteiger partial charge is 0.309 e. The zero-order valence-electron chi connectivity index (χ0n) is 9.88. The maximum Gasteiger partial charge on any atom is 0.309 e. The molecule has 0 radical (unpaired) electrons. The van der Waals surface area contributed by atoms with Gasteiger partial charge in [-0.3, -0.25) is 4.79 Å². The van der Waals surface area contributed by atoms with Crippen molar-refractivity contribution in [1.29, 1.82) is 0 Å². The molecule has 2 nitrogen and oxygen atoms in total. The molecule has 0 aliphatic rings. The van der Waals surface area contributed by atoms with Gasteiger partial charge in [-0.15, -0.1) is 0 Å². The molecule has 0 saturated carbocycles. The Kier molecular flexibility index (Phi) is 3.68. The summed E-state index contributed by atoms with van der Waals surface area (Å²) in [6, 6.07) is 4.50. The van der Waals surface area contributed by atoms with Crippen LogP contribution in [0.15, 0.2) is 18.2 Å². The third-order valence-electron chi connectivity index (χ3n) is 3.19. The Morgan fingerprint density at radius 1 is 1.50 bits per heavy atom. The van der Waals surface area contributed by atoms with E-state index in [9.17, 15) is 9.18 Å². The van der Waals surface area contributed by atoms with E-state index in [1.165, 1.54) is 12.1 Å². The van der Waals surface area contributed by atoms with Crippen molar-refractivity contribution in [2.75, 3.05) is 0 Å². The molecule has 88 valence electrons. The van der Waals surface area contributed by atoms with Crippen LogP contribution in [0.1, 0.15) is 31.4 Å². The summed E-state index contributed by atoms with van der Waals surface area (Å²) in [7, 11) is 0. The maximum absolute atomic E-state index is 13.1. The predicted octanol–water partition coefficient (Wildman–Crippen LogP) is 3.18. The number of hydrogen-bond acceptors (Lipinski definition) is 1. The number of rotatable bonds is 4. The van der Waals surface area contributed by atoms with Crippen LogP contribution in [0.25, 0.3) is 0 Å². The number of aryl methyl sites for hydroxylation is 1. The first kappa shape index (κ1) is 12.7. The summed E-state index contributed by atoms with van der Waals surface area (Å²) >= 11 is 0. The van der Waals surface area contributed by atoms with Gasteiger partial charge in [-0.05, 0) is 49.9 Å². The molecule has 0 amide bonds. The summed E-state index contributed by atoms with van der Waals surface area (Å²) in [5.74, 6) is -1.15. The summed E-state index contributed by atoms with van der Waals surface area (Å²) < 4.78 is 13.1. The highest BCUT2D eigenvalue weighted by atomic mass is 19.1. The molecule has 0 aromatic heterocycles. The van der Waals surface area contributed by atoms with E-state index in [1.54, 1.807) is 13.0 Å². The third kappa shape index (κ3) is 2.60. The van der Waals surface area contributed by atoms with Crippen LogP contribution in [-0.2, 0) is 11.2 Å². The van der Waals surface area contributed by atoms with Crippen LogP contribution >= 0.6 is 0 Å². The van der Waals surface area contributed by atoms with Gasteiger partial charge in [-0.2, -0.15) is 0 Å². The van der Waals surface area contributed by atoms with E-state index in [-0.39, 0.29) is 5.82 Å². The Balaban J connectivity index is 3.03. The van der Waals surface area contributed by atoms with Gasteiger partial charge < -0.3 is 5.11 Å². The lowest BCUT2D eigenvalue weighted by Gasteiger charge is -2.23. The van der Waals surface area contributed by atoms with Crippen molar-refractivity contribution >= 4 is 5.97 Å². The van der Waals surface area contributed by atoms with Gasteiger partial charge in [-0.1, -0.05) is 13.0 Å². The van der Waals surface area contributed by atoms with Gasteiger partial charge in [0.05, 0.1) is 5.41 Å². The number of hydrogen-bond donors (Lipinski definition) is 1. The summed E-state index contributed by atoms with van der Waals surface area (Å²) in [5.41, 5.74) is 0.882. The molecule has 1 N–H and O–H groups in total. The molecule has 1 rings (SSSR count). The van der Waals surface area contributed by atoms with Crippen molar-refractivity contribution in [3.8, 4) is 0 Å². The van der Waals surface area contributed by atoms with Crippen molar-refractivity contribution < 1.29 is 14.3 Å². The molecule has 0 aliphatic heterocycles. The molecule has 0 heterocycles. The molecule has 1 unspecified atom stereocenters. The minimum atomic E-state index is -0.835. The summed E-state index contributed by atoms with van der Waals surface area (Å²) in [6.07, 6.45) is 0.890. The minimum Gasteiger partial charge on any atom is -0.481 e. The van der Waals surface area contributed by atoms with Crippen molar-refractivity contribution in [3.05, 3.63) is 35.1 Å². The van der Waals surface area contributed by atoms with Crippen molar-refractivity contribution in [1.82, 2.24) is 0 Å². The van der Waals surface area contributed by atoms with Crippen LogP contribution in [0, 0.1) is 18.2 Å². The predicted molar refractivity (Wildman–Crippen MR) is 60.9 cm³/mol. The number of carbonyl (C=O) groups is 1. The standard InChI is InChI=1S/C13H17FO2/c1-4-13(3,12(15)16)8-10-7-11(14)6-5-9(10)2/h5-7H,4,8H2,1-3H3,(H,15,16). The Morgan fingerprint density at radius 2 is 2.12 bits per heavy atom. The van der Waals surface area contributed by atoms with Crippen LogP contribution in [0.5, 0.6) is 0 Å². The molecule has 1 atom stereocenters. The lowest BCUT2D eigenvalue weighted by molar-refractivity contribution is -0.148. The fourth-order valence-corrected chi connectivity index (χ4v) is 1.60. The number of aliphatic carboxylic acids is 1. The van der Waals surface area contributed by atoms with Crippen LogP contribution in [-0.4, -0.2) is 11.1 Å². The zero-order chi connectivity index (χ0) is 12.3. The van der Waals surface area contributed by atoms with Gasteiger partial charge in [0, 0.05) is 0 Å². The maximum atomic E-state index is 13.1. The molecule has 1 aromatic rings. The van der Waals surface area contributed by atoms with Crippen LogP contribution in [0.3, 0.4) is 0 Å². The SMILES string of the molecule is CCC(C)(Cc1cc(F)ccc1C)C(=O)O. The second-order valence-electron chi connectivity index (χ2n) is 4.47. The highest BCUT2D eigenvalue weighted by molar-refractivity contribution is 5.74. The highest BCUT2D eigenvalue weighted by Crippen LogP contribution is 2.28. The number of halogens is 1. The van der Waals surface area contributed by atoms with E-state index >= 15 is 0 Å². The lowest BCUT2D eigenvalue weighted by atomic mass is 9.80. The van der Waals surface area contributed by atoms with Gasteiger partial charge in [-0.25, -0.2) is 4.39 Å². The second kappa shape index (κ2) is 4.64. The van der Waals surface area contributed by atoms with Crippen LogP contribution in [0.4, 0.5) is 4.39 Å². The number of benzene rings is 1. The van der Waals surface area contributed by atoms with Crippen LogP contribution in [0.2, 0.25) is 0 Å². The number of carboxylic acids is 1. The first-order valence-electron chi connectivity index (χ1n) is 5.37. The van der Waals surface area contributed by atoms with Crippen LogP contribution < -0.4 is 0 Å². The summed E-state index contributed by atoms with van der Waals surface area (Å²) in [4.78, 5) is 11.2. The minimum absolute atomic E-state index is 0.315. The fraction of sp³-hybridized carbons (Fsp3) is 0.462. The van der Waals surface area contributed by atoms with Crippen molar-refractivity contribution in [2.24, 2.45) is 5.41 Å². The first-order chi connectivity index (χ1) is 7.39. The highest BCUT2D eigenvalue weighted by Gasteiger charge is 2.31. The van der Waals surface area contributed by atoms with E-state index in [1.807, 2.05) is 13.8 Å². The van der Waals surface area contributed by atoms with E-state index in [0.717, 1.165) is 11.1 Å². The van der Waals surface area contributed by atoms with Gasteiger partial charge >= 0.3 is 5.97 Å². The third-order valence-corrected chi connectivity index (χ3v) is 3.19. The first-order valence-corrected chi connectivity index (χ1v) is 5.37. The normalized spacial score (nSPS) is 14.5. The number of carboxylic acid groups (broad SMARTS) is 1. The molecule has 1 aromatic carbocycles. The molecule has 0 fully saturated rings. The van der Waals surface area contributed by atoms with Gasteiger partial charge in [0.2, 0.25) is 0 Å². The van der Waals surface area contributed by atoms with Gasteiger partial charge in [0.25, 0.3) is 0 Å². The van der Waals surface area contributed by atoms with Gasteiger partial charge in [0.1, 0.15) is 5.82 Å².